The summed E-state index contributed by atoms with van der Waals surface area (Å²) in [5.41, 5.74) is 0.265. The van der Waals surface area contributed by atoms with E-state index in [0.717, 1.165) is 58.5 Å². The van der Waals surface area contributed by atoms with Crippen molar-refractivity contribution in [2.75, 3.05) is 46.0 Å². The first-order valence-corrected chi connectivity index (χ1v) is 10.7. The van der Waals surface area contributed by atoms with Gasteiger partial charge in [-0.3, -0.25) is 14.5 Å². The Morgan fingerprint density at radius 2 is 1.97 bits per heavy atom. The van der Waals surface area contributed by atoms with E-state index >= 15 is 0 Å². The maximum absolute atomic E-state index is 12.6. The molecule has 1 saturated carbocycles. The van der Waals surface area contributed by atoms with Crippen LogP contribution < -0.4 is 14.8 Å². The molecular formula is C22H30N2O5. The van der Waals surface area contributed by atoms with Crippen LogP contribution in [0.15, 0.2) is 18.2 Å². The summed E-state index contributed by atoms with van der Waals surface area (Å²) < 4.78 is 17.3. The Morgan fingerprint density at radius 3 is 2.76 bits per heavy atom. The number of amides is 1. The lowest BCUT2D eigenvalue weighted by Gasteiger charge is -2.40. The van der Waals surface area contributed by atoms with Gasteiger partial charge in [0, 0.05) is 32.2 Å². The van der Waals surface area contributed by atoms with Crippen LogP contribution >= 0.6 is 0 Å². The Balaban J connectivity index is 1.28. The second-order valence-electron chi connectivity index (χ2n) is 8.20. The zero-order chi connectivity index (χ0) is 20.1. The van der Waals surface area contributed by atoms with Crippen molar-refractivity contribution in [3.05, 3.63) is 23.8 Å². The molecule has 2 fully saturated rings. The first-order chi connectivity index (χ1) is 14.1. The number of ether oxygens (including phenoxy) is 3. The summed E-state index contributed by atoms with van der Waals surface area (Å²) in [5.74, 6) is 1.12. The van der Waals surface area contributed by atoms with Crippen molar-refractivity contribution >= 4 is 11.7 Å². The standard InChI is InChI=1S/C22H30N2O5/c25-19-15-22(6-2-1-3-7-22)29-20-14-17(4-5-18(19)20)28-16-21(26)23-8-9-24-10-12-27-13-11-24/h4-5,14H,1-3,6-13,15-16H2,(H,23,26). The van der Waals surface area contributed by atoms with Gasteiger partial charge < -0.3 is 19.5 Å². The number of fused-ring (bicyclic) bond motifs is 1. The average Bonchev–Trinajstić information content (AvgIpc) is 2.73. The summed E-state index contributed by atoms with van der Waals surface area (Å²) in [5, 5.41) is 2.88. The number of carbonyl (C=O) groups excluding carboxylic acids is 2. The largest absolute Gasteiger partial charge is 0.486 e. The van der Waals surface area contributed by atoms with E-state index in [1.54, 1.807) is 18.2 Å². The highest BCUT2D eigenvalue weighted by Crippen LogP contribution is 2.42. The molecule has 1 aromatic carbocycles. The van der Waals surface area contributed by atoms with Crippen LogP contribution in [-0.2, 0) is 9.53 Å². The zero-order valence-corrected chi connectivity index (χ0v) is 16.9. The molecule has 1 saturated heterocycles. The van der Waals surface area contributed by atoms with Crippen LogP contribution in [0.1, 0.15) is 48.9 Å². The third-order valence-corrected chi connectivity index (χ3v) is 6.05. The number of nitrogens with one attached hydrogen (secondary N) is 1. The van der Waals surface area contributed by atoms with Crippen LogP contribution in [0.4, 0.5) is 0 Å². The van der Waals surface area contributed by atoms with E-state index in [0.29, 0.717) is 30.0 Å². The molecule has 7 heteroatoms. The molecule has 3 aliphatic rings. The van der Waals surface area contributed by atoms with Gasteiger partial charge in [-0.05, 0) is 37.8 Å². The fourth-order valence-corrected chi connectivity index (χ4v) is 4.42. The molecule has 0 aromatic heterocycles. The quantitative estimate of drug-likeness (QED) is 0.786. The molecule has 2 aliphatic heterocycles. The normalized spacial score (nSPS) is 21.3. The van der Waals surface area contributed by atoms with Crippen molar-refractivity contribution in [1.29, 1.82) is 0 Å². The molecule has 0 radical (unpaired) electrons. The molecule has 4 rings (SSSR count). The average molecular weight is 402 g/mol. The molecule has 0 bridgehead atoms. The molecule has 1 aromatic rings. The fourth-order valence-electron chi connectivity index (χ4n) is 4.42. The minimum Gasteiger partial charge on any atom is -0.486 e. The monoisotopic (exact) mass is 402 g/mol. The molecule has 158 valence electrons. The number of rotatable bonds is 6. The molecule has 1 N–H and O–H groups in total. The van der Waals surface area contributed by atoms with Gasteiger partial charge in [0.05, 0.1) is 25.2 Å². The molecule has 1 aliphatic carbocycles. The van der Waals surface area contributed by atoms with Gasteiger partial charge >= 0.3 is 0 Å². The third kappa shape index (κ3) is 5.08. The van der Waals surface area contributed by atoms with E-state index in [-0.39, 0.29) is 23.9 Å². The molecule has 2 heterocycles. The van der Waals surface area contributed by atoms with E-state index in [1.165, 1.54) is 6.42 Å². The third-order valence-electron chi connectivity index (χ3n) is 6.05. The Morgan fingerprint density at radius 1 is 1.17 bits per heavy atom. The fraction of sp³-hybridized carbons (Fsp3) is 0.636. The predicted molar refractivity (Wildman–Crippen MR) is 108 cm³/mol. The van der Waals surface area contributed by atoms with Gasteiger partial charge in [-0.15, -0.1) is 0 Å². The van der Waals surface area contributed by atoms with Crippen LogP contribution in [-0.4, -0.2) is 68.2 Å². The first-order valence-electron chi connectivity index (χ1n) is 10.7. The number of carbonyl (C=O) groups is 2. The Bertz CT molecular complexity index is 739. The van der Waals surface area contributed by atoms with Crippen LogP contribution in [0.3, 0.4) is 0 Å². The molecular weight excluding hydrogens is 372 g/mol. The van der Waals surface area contributed by atoms with Crippen molar-refractivity contribution in [3.8, 4) is 11.5 Å². The van der Waals surface area contributed by atoms with Gasteiger partial charge in [-0.25, -0.2) is 0 Å². The number of nitrogens with zero attached hydrogens (tertiary/aromatic N) is 1. The van der Waals surface area contributed by atoms with Gasteiger partial charge in [0.1, 0.15) is 17.1 Å². The lowest BCUT2D eigenvalue weighted by atomic mass is 9.78. The maximum Gasteiger partial charge on any atom is 0.257 e. The van der Waals surface area contributed by atoms with Crippen LogP contribution in [0.5, 0.6) is 11.5 Å². The second kappa shape index (κ2) is 9.13. The Hall–Kier alpha value is -2.12. The van der Waals surface area contributed by atoms with E-state index < -0.39 is 0 Å². The summed E-state index contributed by atoms with van der Waals surface area (Å²) in [4.78, 5) is 26.9. The number of morpholine rings is 1. The van der Waals surface area contributed by atoms with Crippen molar-refractivity contribution in [3.63, 3.8) is 0 Å². The number of ketones is 1. The second-order valence-corrected chi connectivity index (χ2v) is 8.20. The molecule has 0 unspecified atom stereocenters. The highest BCUT2D eigenvalue weighted by molar-refractivity contribution is 6.00. The molecule has 1 spiro atoms. The molecule has 0 atom stereocenters. The zero-order valence-electron chi connectivity index (χ0n) is 16.9. The SMILES string of the molecule is O=C(COc1ccc2c(c1)OC1(CCCCC1)CC2=O)NCCN1CCOCC1. The van der Waals surface area contributed by atoms with Crippen molar-refractivity contribution < 1.29 is 23.8 Å². The summed E-state index contributed by atoms with van der Waals surface area (Å²) >= 11 is 0. The van der Waals surface area contributed by atoms with E-state index in [4.69, 9.17) is 14.2 Å². The minimum absolute atomic E-state index is 0.0546. The number of benzene rings is 1. The highest BCUT2D eigenvalue weighted by Gasteiger charge is 2.41. The van der Waals surface area contributed by atoms with Gasteiger partial charge in [-0.2, -0.15) is 0 Å². The smallest absolute Gasteiger partial charge is 0.257 e. The van der Waals surface area contributed by atoms with E-state index in [1.807, 2.05) is 0 Å². The van der Waals surface area contributed by atoms with Gasteiger partial charge in [0.25, 0.3) is 5.91 Å². The summed E-state index contributed by atoms with van der Waals surface area (Å²) in [6.07, 6.45) is 5.72. The molecule has 1 amide bonds. The van der Waals surface area contributed by atoms with Gasteiger partial charge in [0.15, 0.2) is 12.4 Å². The Kier molecular flexibility index (Phi) is 6.35. The first kappa shape index (κ1) is 20.2. The van der Waals surface area contributed by atoms with Crippen molar-refractivity contribution in [1.82, 2.24) is 10.2 Å². The topological polar surface area (TPSA) is 77.1 Å². The van der Waals surface area contributed by atoms with Crippen molar-refractivity contribution in [2.24, 2.45) is 0 Å². The Labute approximate surface area is 171 Å². The lowest BCUT2D eigenvalue weighted by Crippen LogP contribution is -2.43. The summed E-state index contributed by atoms with van der Waals surface area (Å²) in [6, 6.07) is 5.24. The van der Waals surface area contributed by atoms with Gasteiger partial charge in [0.2, 0.25) is 0 Å². The van der Waals surface area contributed by atoms with Crippen LogP contribution in [0.25, 0.3) is 0 Å². The predicted octanol–water partition coefficient (Wildman–Crippen LogP) is 2.18. The molecule has 7 nitrogen and oxygen atoms in total. The van der Waals surface area contributed by atoms with Crippen LogP contribution in [0.2, 0.25) is 0 Å². The number of hydrogen-bond donors (Lipinski definition) is 1. The molecule has 29 heavy (non-hydrogen) atoms. The van der Waals surface area contributed by atoms with Crippen LogP contribution in [0, 0.1) is 0 Å². The highest BCUT2D eigenvalue weighted by atomic mass is 16.5. The number of hydrogen-bond acceptors (Lipinski definition) is 6. The van der Waals surface area contributed by atoms with Gasteiger partial charge in [-0.1, -0.05) is 6.42 Å². The summed E-state index contributed by atoms with van der Waals surface area (Å²) in [6.45, 7) is 4.66. The van der Waals surface area contributed by atoms with Crippen molar-refractivity contribution in [2.45, 2.75) is 44.1 Å². The van der Waals surface area contributed by atoms with E-state index in [9.17, 15) is 9.59 Å². The number of Topliss-reactive ketones (excluding diaryl/α,β-unsaturated/α-hetero) is 1. The maximum atomic E-state index is 12.6. The lowest BCUT2D eigenvalue weighted by molar-refractivity contribution is -0.123. The minimum atomic E-state index is -0.349. The summed E-state index contributed by atoms with van der Waals surface area (Å²) in [7, 11) is 0. The van der Waals surface area contributed by atoms with E-state index in [2.05, 4.69) is 10.2 Å².